The Balaban J connectivity index is 2.21. The van der Waals surface area contributed by atoms with Crippen LogP contribution < -0.4 is 15.8 Å². The van der Waals surface area contributed by atoms with E-state index in [1.165, 1.54) is 6.66 Å². The molecule has 0 saturated heterocycles. The summed E-state index contributed by atoms with van der Waals surface area (Å²) in [6, 6.07) is 14.5. The fraction of sp³-hybridized carbons (Fsp3) is 0.250. The zero-order chi connectivity index (χ0) is 15.5. The van der Waals surface area contributed by atoms with E-state index in [2.05, 4.69) is 0 Å². The van der Waals surface area contributed by atoms with Crippen LogP contribution in [0, 0.1) is 0 Å². The summed E-state index contributed by atoms with van der Waals surface area (Å²) in [6.07, 6.45) is 0.803. The molecule has 0 bridgehead atoms. The molecule has 2 aromatic rings. The van der Waals surface area contributed by atoms with Crippen molar-refractivity contribution in [3.8, 4) is 11.5 Å². The molecular weight excluding hydrogens is 285 g/mol. The van der Waals surface area contributed by atoms with Gasteiger partial charge in [-0.3, -0.25) is 4.57 Å². The second kappa shape index (κ2) is 6.44. The topological polar surface area (TPSA) is 72.5 Å². The van der Waals surface area contributed by atoms with Gasteiger partial charge in [0, 0.05) is 12.7 Å². The molecule has 0 aliphatic rings. The van der Waals surface area contributed by atoms with Crippen molar-refractivity contribution in [2.45, 2.75) is 19.4 Å². The normalized spacial score (nSPS) is 15.2. The van der Waals surface area contributed by atoms with E-state index in [0.29, 0.717) is 16.8 Å². The van der Waals surface area contributed by atoms with Gasteiger partial charge in [-0.25, -0.2) is 0 Å². The third-order valence-electron chi connectivity index (χ3n) is 3.02. The average Bonchev–Trinajstić information content (AvgIpc) is 2.40. The fourth-order valence-electron chi connectivity index (χ4n) is 2.08. The zero-order valence-electron chi connectivity index (χ0n) is 12.2. The highest BCUT2D eigenvalue weighted by molar-refractivity contribution is 7.65. The Morgan fingerprint density at radius 2 is 1.81 bits per heavy atom. The molecule has 0 fully saturated rings. The van der Waals surface area contributed by atoms with E-state index >= 15 is 0 Å². The molecule has 0 aliphatic carbocycles. The Kier molecular flexibility index (Phi) is 4.84. The smallest absolute Gasteiger partial charge is 0.230 e. The molecule has 5 heteroatoms. The Bertz CT molecular complexity index is 647. The lowest BCUT2D eigenvalue weighted by molar-refractivity contribution is 0.476. The Labute approximate surface area is 125 Å². The lowest BCUT2D eigenvalue weighted by Crippen LogP contribution is -2.17. The van der Waals surface area contributed by atoms with Crippen LogP contribution in [-0.4, -0.2) is 17.6 Å². The number of nitrogens with two attached hydrogens (primary N) is 1. The zero-order valence-corrected chi connectivity index (χ0v) is 13.1. The predicted molar refractivity (Wildman–Crippen MR) is 85.7 cm³/mol. The fourth-order valence-corrected chi connectivity index (χ4v) is 2.97. The first-order valence-corrected chi connectivity index (χ1v) is 8.89. The van der Waals surface area contributed by atoms with Crippen molar-refractivity contribution < 1.29 is 14.2 Å². The molecule has 0 radical (unpaired) electrons. The molecule has 3 N–H and O–H groups in total. The second-order valence-corrected chi connectivity index (χ2v) is 7.51. The van der Waals surface area contributed by atoms with Crippen LogP contribution in [0.3, 0.4) is 0 Å². The lowest BCUT2D eigenvalue weighted by Gasteiger charge is -2.13. The van der Waals surface area contributed by atoms with Crippen LogP contribution in [0.2, 0.25) is 0 Å². The summed E-state index contributed by atoms with van der Waals surface area (Å²) in [5, 5.41) is 0.324. The van der Waals surface area contributed by atoms with Crippen LogP contribution in [0.15, 0.2) is 48.5 Å². The van der Waals surface area contributed by atoms with E-state index in [1.807, 2.05) is 31.2 Å². The SMILES string of the molecule is C[C@@H](N)Cc1ccc(Oc2ccccc2P(C)(=O)O)cc1. The summed E-state index contributed by atoms with van der Waals surface area (Å²) >= 11 is 0. The molecule has 1 unspecified atom stereocenters. The molecular formula is C16H20NO3P. The third kappa shape index (κ3) is 4.43. The predicted octanol–water partition coefficient (Wildman–Crippen LogP) is 2.89. The largest absolute Gasteiger partial charge is 0.457 e. The van der Waals surface area contributed by atoms with Crippen molar-refractivity contribution in [1.82, 2.24) is 0 Å². The molecule has 0 amide bonds. The first-order chi connectivity index (χ1) is 9.86. The molecule has 0 aromatic heterocycles. The first kappa shape index (κ1) is 15.8. The summed E-state index contributed by atoms with van der Waals surface area (Å²) in [5.41, 5.74) is 6.90. The summed E-state index contributed by atoms with van der Waals surface area (Å²) in [4.78, 5) is 9.75. The number of hydrogen-bond acceptors (Lipinski definition) is 3. The minimum atomic E-state index is -3.36. The summed E-state index contributed by atoms with van der Waals surface area (Å²) in [6.45, 7) is 3.27. The third-order valence-corrected chi connectivity index (χ3v) is 4.28. The molecule has 2 atom stereocenters. The maximum Gasteiger partial charge on any atom is 0.230 e. The Hall–Kier alpha value is -1.61. The molecule has 112 valence electrons. The van der Waals surface area contributed by atoms with Crippen LogP contribution in [0.5, 0.6) is 11.5 Å². The average molecular weight is 305 g/mol. The summed E-state index contributed by atoms with van der Waals surface area (Å²) < 4.78 is 17.6. The summed E-state index contributed by atoms with van der Waals surface area (Å²) in [7, 11) is -3.36. The highest BCUT2D eigenvalue weighted by Crippen LogP contribution is 2.38. The van der Waals surface area contributed by atoms with Crippen molar-refractivity contribution in [2.75, 3.05) is 6.66 Å². The first-order valence-electron chi connectivity index (χ1n) is 6.78. The minimum absolute atomic E-state index is 0.109. The van der Waals surface area contributed by atoms with E-state index in [-0.39, 0.29) is 6.04 Å². The van der Waals surface area contributed by atoms with Gasteiger partial charge in [0.2, 0.25) is 7.37 Å². The second-order valence-electron chi connectivity index (χ2n) is 5.27. The molecule has 4 nitrogen and oxygen atoms in total. The number of rotatable bonds is 5. The van der Waals surface area contributed by atoms with Gasteiger partial charge < -0.3 is 15.4 Å². The Morgan fingerprint density at radius 1 is 1.19 bits per heavy atom. The number of benzene rings is 2. The van der Waals surface area contributed by atoms with Crippen LogP contribution in [0.25, 0.3) is 0 Å². The van der Waals surface area contributed by atoms with E-state index < -0.39 is 7.37 Å². The summed E-state index contributed by atoms with van der Waals surface area (Å²) in [5.74, 6) is 1.04. The van der Waals surface area contributed by atoms with Gasteiger partial charge in [0.05, 0.1) is 5.30 Å². The van der Waals surface area contributed by atoms with E-state index in [1.54, 1.807) is 24.3 Å². The van der Waals surface area contributed by atoms with Crippen LogP contribution in [0.1, 0.15) is 12.5 Å². The van der Waals surface area contributed by atoms with Gasteiger partial charge in [-0.05, 0) is 43.2 Å². The van der Waals surface area contributed by atoms with Crippen molar-refractivity contribution in [3.05, 3.63) is 54.1 Å². The molecule has 2 aromatic carbocycles. The van der Waals surface area contributed by atoms with Crippen molar-refractivity contribution in [2.24, 2.45) is 5.73 Å². The van der Waals surface area contributed by atoms with Gasteiger partial charge in [0.1, 0.15) is 11.5 Å². The number of ether oxygens (including phenoxy) is 1. The monoisotopic (exact) mass is 305 g/mol. The Morgan fingerprint density at radius 3 is 2.38 bits per heavy atom. The highest BCUT2D eigenvalue weighted by Gasteiger charge is 2.19. The van der Waals surface area contributed by atoms with Crippen LogP contribution >= 0.6 is 7.37 Å². The molecule has 0 aliphatic heterocycles. The molecule has 21 heavy (non-hydrogen) atoms. The maximum atomic E-state index is 11.9. The quantitative estimate of drug-likeness (QED) is 0.833. The maximum absolute atomic E-state index is 11.9. The van der Waals surface area contributed by atoms with Crippen LogP contribution in [0.4, 0.5) is 0 Å². The lowest BCUT2D eigenvalue weighted by atomic mass is 10.1. The van der Waals surface area contributed by atoms with Crippen molar-refractivity contribution in [1.29, 1.82) is 0 Å². The van der Waals surface area contributed by atoms with Gasteiger partial charge >= 0.3 is 0 Å². The molecule has 0 spiro atoms. The molecule has 0 saturated carbocycles. The van der Waals surface area contributed by atoms with E-state index in [0.717, 1.165) is 12.0 Å². The number of hydrogen-bond donors (Lipinski definition) is 2. The molecule has 2 rings (SSSR count). The number of para-hydroxylation sites is 1. The highest BCUT2D eigenvalue weighted by atomic mass is 31.2. The standard InChI is InChI=1S/C16H20NO3P/c1-12(17)11-13-7-9-14(10-8-13)20-15-5-3-4-6-16(15)21(2,18)19/h3-10,12H,11,17H2,1-2H3,(H,18,19)/t12-/m1/s1. The van der Waals surface area contributed by atoms with E-state index in [4.69, 9.17) is 10.5 Å². The van der Waals surface area contributed by atoms with Gasteiger partial charge in [0.15, 0.2) is 0 Å². The van der Waals surface area contributed by atoms with Gasteiger partial charge in [-0.15, -0.1) is 0 Å². The van der Waals surface area contributed by atoms with Crippen molar-refractivity contribution >= 4 is 12.7 Å². The molecule has 0 heterocycles. The van der Waals surface area contributed by atoms with Gasteiger partial charge in [0.25, 0.3) is 0 Å². The van der Waals surface area contributed by atoms with Gasteiger partial charge in [-0.1, -0.05) is 24.3 Å². The van der Waals surface area contributed by atoms with Gasteiger partial charge in [-0.2, -0.15) is 0 Å². The van der Waals surface area contributed by atoms with Crippen LogP contribution in [-0.2, 0) is 11.0 Å². The minimum Gasteiger partial charge on any atom is -0.457 e. The van der Waals surface area contributed by atoms with Crippen molar-refractivity contribution in [3.63, 3.8) is 0 Å². The van der Waals surface area contributed by atoms with E-state index in [9.17, 15) is 9.46 Å².